The molecule has 1 aliphatic heterocycles. The van der Waals surface area contributed by atoms with Crippen molar-refractivity contribution >= 4 is 28.8 Å². The Morgan fingerprint density at radius 1 is 1.14 bits per heavy atom. The number of unbranched alkanes of at least 4 members (excludes halogenated alkanes) is 3. The third kappa shape index (κ3) is 5.34. The summed E-state index contributed by atoms with van der Waals surface area (Å²) in [5, 5.41) is 2.97. The summed E-state index contributed by atoms with van der Waals surface area (Å²) in [5.41, 5.74) is 0. The standard InChI is InChI=1S/C15H24N2O3S/c18-13(16-12-7-4-5-8-12)9-3-1-2-6-10-17-14(19)11-21-15(17)20/h12H,1-11H2,(H,16,18). The molecule has 0 radical (unpaired) electrons. The Bertz CT molecular complexity index is 378. The Kier molecular flexibility index (Phi) is 6.54. The molecule has 0 spiro atoms. The molecule has 2 rings (SSSR count). The first-order chi connectivity index (χ1) is 10.2. The van der Waals surface area contributed by atoms with Crippen LogP contribution in [0.4, 0.5) is 4.79 Å². The predicted molar refractivity (Wildman–Crippen MR) is 83.1 cm³/mol. The van der Waals surface area contributed by atoms with Gasteiger partial charge in [-0.15, -0.1) is 0 Å². The molecule has 0 aromatic rings. The van der Waals surface area contributed by atoms with E-state index in [1.807, 2.05) is 0 Å². The highest BCUT2D eigenvalue weighted by Gasteiger charge is 2.28. The van der Waals surface area contributed by atoms with Gasteiger partial charge in [0, 0.05) is 19.0 Å². The molecule has 2 aliphatic rings. The molecule has 0 bridgehead atoms. The molecule has 21 heavy (non-hydrogen) atoms. The molecule has 0 unspecified atom stereocenters. The second kappa shape index (κ2) is 8.41. The number of amides is 3. The molecular formula is C15H24N2O3S. The van der Waals surface area contributed by atoms with Gasteiger partial charge >= 0.3 is 0 Å². The van der Waals surface area contributed by atoms with Crippen molar-refractivity contribution in [1.82, 2.24) is 10.2 Å². The summed E-state index contributed by atoms with van der Waals surface area (Å²) in [4.78, 5) is 35.8. The molecule has 1 N–H and O–H groups in total. The zero-order chi connectivity index (χ0) is 15.1. The third-order valence-electron chi connectivity index (χ3n) is 4.10. The molecule has 0 atom stereocenters. The molecule has 1 saturated heterocycles. The number of carbonyl (C=O) groups is 3. The first kappa shape index (κ1) is 16.3. The van der Waals surface area contributed by atoms with Crippen LogP contribution >= 0.6 is 11.8 Å². The SMILES string of the molecule is O=C(CCCCCCN1C(=O)CSC1=O)NC1CCCC1. The number of nitrogens with zero attached hydrogens (tertiary/aromatic N) is 1. The number of thioether (sulfide) groups is 1. The lowest BCUT2D eigenvalue weighted by Crippen LogP contribution is -2.32. The van der Waals surface area contributed by atoms with Crippen LogP contribution in [0, 0.1) is 0 Å². The number of hydrogen-bond donors (Lipinski definition) is 1. The van der Waals surface area contributed by atoms with Crippen molar-refractivity contribution in [3.05, 3.63) is 0 Å². The lowest BCUT2D eigenvalue weighted by molar-refractivity contribution is -0.124. The Balaban J connectivity index is 1.47. The van der Waals surface area contributed by atoms with Crippen LogP contribution in [-0.2, 0) is 9.59 Å². The molecule has 3 amide bonds. The summed E-state index contributed by atoms with van der Waals surface area (Å²) >= 11 is 1.09. The van der Waals surface area contributed by atoms with Gasteiger partial charge < -0.3 is 5.32 Å². The number of imide groups is 1. The van der Waals surface area contributed by atoms with E-state index in [9.17, 15) is 14.4 Å². The minimum Gasteiger partial charge on any atom is -0.353 e. The normalized spacial score (nSPS) is 19.5. The lowest BCUT2D eigenvalue weighted by Gasteiger charge is -2.13. The van der Waals surface area contributed by atoms with Gasteiger partial charge in [0.1, 0.15) is 0 Å². The average molecular weight is 312 g/mol. The van der Waals surface area contributed by atoms with Crippen molar-refractivity contribution in [1.29, 1.82) is 0 Å². The van der Waals surface area contributed by atoms with E-state index in [2.05, 4.69) is 5.32 Å². The van der Waals surface area contributed by atoms with Crippen LogP contribution in [0.25, 0.3) is 0 Å². The highest BCUT2D eigenvalue weighted by atomic mass is 32.2. The smallest absolute Gasteiger partial charge is 0.288 e. The molecule has 118 valence electrons. The van der Waals surface area contributed by atoms with E-state index >= 15 is 0 Å². The van der Waals surface area contributed by atoms with Gasteiger partial charge in [-0.2, -0.15) is 0 Å². The van der Waals surface area contributed by atoms with Crippen LogP contribution in [0.3, 0.4) is 0 Å². The molecule has 0 aromatic carbocycles. The summed E-state index contributed by atoms with van der Waals surface area (Å²) in [6.45, 7) is 0.527. The summed E-state index contributed by atoms with van der Waals surface area (Å²) in [6.07, 6.45) is 8.96. The van der Waals surface area contributed by atoms with Crippen LogP contribution < -0.4 is 5.32 Å². The summed E-state index contributed by atoms with van der Waals surface area (Å²) < 4.78 is 0. The number of hydrogen-bond acceptors (Lipinski definition) is 4. The van der Waals surface area contributed by atoms with Gasteiger partial charge in [0.15, 0.2) is 0 Å². The molecule has 1 heterocycles. The minimum atomic E-state index is -0.115. The maximum absolute atomic E-state index is 11.7. The topological polar surface area (TPSA) is 66.5 Å². The number of rotatable bonds is 8. The zero-order valence-electron chi connectivity index (χ0n) is 12.4. The van der Waals surface area contributed by atoms with Crippen LogP contribution in [0.15, 0.2) is 0 Å². The van der Waals surface area contributed by atoms with Crippen LogP contribution in [0.2, 0.25) is 0 Å². The molecule has 5 nitrogen and oxygen atoms in total. The molecule has 1 aliphatic carbocycles. The van der Waals surface area contributed by atoms with Crippen molar-refractivity contribution < 1.29 is 14.4 Å². The first-order valence-corrected chi connectivity index (χ1v) is 8.92. The highest BCUT2D eigenvalue weighted by molar-refractivity contribution is 8.14. The maximum atomic E-state index is 11.7. The van der Waals surface area contributed by atoms with E-state index in [1.165, 1.54) is 17.7 Å². The van der Waals surface area contributed by atoms with Crippen molar-refractivity contribution in [2.75, 3.05) is 12.3 Å². The Morgan fingerprint density at radius 3 is 2.52 bits per heavy atom. The second-order valence-electron chi connectivity index (χ2n) is 5.81. The number of nitrogens with one attached hydrogen (secondary N) is 1. The maximum Gasteiger partial charge on any atom is 0.288 e. The Hall–Kier alpha value is -1.04. The van der Waals surface area contributed by atoms with E-state index in [1.54, 1.807) is 0 Å². The third-order valence-corrected chi connectivity index (χ3v) is 4.96. The van der Waals surface area contributed by atoms with Gasteiger partial charge in [0.05, 0.1) is 5.75 Å². The van der Waals surface area contributed by atoms with Gasteiger partial charge in [-0.3, -0.25) is 19.3 Å². The summed E-state index contributed by atoms with van der Waals surface area (Å²) in [6, 6.07) is 0.405. The fraction of sp³-hybridized carbons (Fsp3) is 0.800. The largest absolute Gasteiger partial charge is 0.353 e. The molecule has 0 aromatic heterocycles. The van der Waals surface area contributed by atoms with Gasteiger partial charge in [-0.05, 0) is 25.7 Å². The van der Waals surface area contributed by atoms with Gasteiger partial charge in [0.2, 0.25) is 11.8 Å². The second-order valence-corrected chi connectivity index (χ2v) is 6.74. The summed E-state index contributed by atoms with van der Waals surface area (Å²) in [7, 11) is 0. The molecule has 6 heteroatoms. The van der Waals surface area contributed by atoms with Crippen LogP contribution in [0.5, 0.6) is 0 Å². The van der Waals surface area contributed by atoms with E-state index in [-0.39, 0.29) is 17.1 Å². The zero-order valence-corrected chi connectivity index (χ0v) is 13.3. The van der Waals surface area contributed by atoms with Crippen molar-refractivity contribution in [3.63, 3.8) is 0 Å². The molecule has 2 fully saturated rings. The van der Waals surface area contributed by atoms with Crippen LogP contribution in [-0.4, -0.2) is 40.3 Å². The first-order valence-electron chi connectivity index (χ1n) is 7.93. The predicted octanol–water partition coefficient (Wildman–Crippen LogP) is 2.69. The number of carbonyl (C=O) groups excluding carboxylic acids is 3. The van der Waals surface area contributed by atoms with Gasteiger partial charge in [-0.1, -0.05) is 37.4 Å². The summed E-state index contributed by atoms with van der Waals surface area (Å²) in [5.74, 6) is 0.393. The quantitative estimate of drug-likeness (QED) is 0.700. The van der Waals surface area contributed by atoms with Crippen LogP contribution in [0.1, 0.15) is 57.8 Å². The Labute approximate surface area is 130 Å². The van der Waals surface area contributed by atoms with E-state index in [0.717, 1.165) is 50.3 Å². The van der Waals surface area contributed by atoms with Crippen molar-refractivity contribution in [2.45, 2.75) is 63.8 Å². The average Bonchev–Trinajstić information content (AvgIpc) is 3.06. The molecule has 1 saturated carbocycles. The van der Waals surface area contributed by atoms with Crippen molar-refractivity contribution in [2.24, 2.45) is 0 Å². The molecular weight excluding hydrogens is 288 g/mol. The van der Waals surface area contributed by atoms with E-state index in [4.69, 9.17) is 0 Å². The fourth-order valence-corrected chi connectivity index (χ4v) is 3.63. The highest BCUT2D eigenvalue weighted by Crippen LogP contribution is 2.20. The Morgan fingerprint density at radius 2 is 1.86 bits per heavy atom. The fourth-order valence-electron chi connectivity index (χ4n) is 2.88. The van der Waals surface area contributed by atoms with Crippen molar-refractivity contribution in [3.8, 4) is 0 Å². The lowest BCUT2D eigenvalue weighted by atomic mass is 10.1. The van der Waals surface area contributed by atoms with Gasteiger partial charge in [0.25, 0.3) is 5.24 Å². The monoisotopic (exact) mass is 312 g/mol. The van der Waals surface area contributed by atoms with E-state index in [0.29, 0.717) is 24.8 Å². The van der Waals surface area contributed by atoms with E-state index < -0.39 is 0 Å². The van der Waals surface area contributed by atoms with Gasteiger partial charge in [-0.25, -0.2) is 0 Å². The minimum absolute atomic E-state index is 0.0686.